The number of halogens is 1. The Hall–Kier alpha value is -3.23. The molecule has 1 fully saturated rings. The average Bonchev–Trinajstić information content (AvgIpc) is 3.07. The van der Waals surface area contributed by atoms with Gasteiger partial charge in [0.05, 0.1) is 11.9 Å². The van der Waals surface area contributed by atoms with Crippen LogP contribution in [0.2, 0.25) is 0 Å². The van der Waals surface area contributed by atoms with Gasteiger partial charge in [-0.05, 0) is 19.1 Å². The van der Waals surface area contributed by atoms with Crippen LogP contribution < -0.4 is 15.1 Å². The fourth-order valence-electron chi connectivity index (χ4n) is 2.92. The molecule has 0 amide bonds. The molecule has 0 radical (unpaired) electrons. The van der Waals surface area contributed by atoms with E-state index in [0.29, 0.717) is 36.3 Å². The quantitative estimate of drug-likeness (QED) is 0.764. The molecule has 0 aliphatic carbocycles. The van der Waals surface area contributed by atoms with E-state index in [4.69, 9.17) is 4.52 Å². The first-order chi connectivity index (χ1) is 12.7. The molecule has 3 heterocycles. The molecular weight excluding hydrogens is 337 g/mol. The zero-order chi connectivity index (χ0) is 17.9. The lowest BCUT2D eigenvalue weighted by molar-refractivity contribution is 0.400. The van der Waals surface area contributed by atoms with E-state index < -0.39 is 0 Å². The largest absolute Gasteiger partial charge is 0.366 e. The molecule has 9 heteroatoms. The third-order valence-corrected chi connectivity index (χ3v) is 4.21. The summed E-state index contributed by atoms with van der Waals surface area (Å²) in [7, 11) is 0. The van der Waals surface area contributed by atoms with Gasteiger partial charge in [0.1, 0.15) is 11.6 Å². The monoisotopic (exact) mass is 355 g/mol. The van der Waals surface area contributed by atoms with E-state index in [9.17, 15) is 4.39 Å². The minimum absolute atomic E-state index is 0.195. The third kappa shape index (κ3) is 3.41. The molecular formula is C17H18FN7O. The van der Waals surface area contributed by atoms with Crippen molar-refractivity contribution in [2.45, 2.75) is 6.92 Å². The number of nitrogens with one attached hydrogen (secondary N) is 1. The minimum Gasteiger partial charge on any atom is -0.366 e. The number of aryl methyl sites for hydroxylation is 1. The molecule has 0 saturated carbocycles. The molecule has 134 valence electrons. The topological polar surface area (TPSA) is 83.2 Å². The highest BCUT2D eigenvalue weighted by atomic mass is 19.1. The van der Waals surface area contributed by atoms with Gasteiger partial charge in [0, 0.05) is 32.2 Å². The van der Waals surface area contributed by atoms with Crippen LogP contribution in [0.4, 0.5) is 27.7 Å². The predicted octanol–water partition coefficient (Wildman–Crippen LogP) is 2.38. The fraction of sp³-hybridized carbons (Fsp3) is 0.294. The van der Waals surface area contributed by atoms with Gasteiger partial charge in [-0.15, -0.1) is 5.10 Å². The van der Waals surface area contributed by atoms with Gasteiger partial charge < -0.3 is 19.6 Å². The molecule has 1 aliphatic rings. The Kier molecular flexibility index (Phi) is 4.34. The number of para-hydroxylation sites is 1. The second kappa shape index (κ2) is 6.95. The lowest BCUT2D eigenvalue weighted by Crippen LogP contribution is -2.47. The van der Waals surface area contributed by atoms with Crippen molar-refractivity contribution < 1.29 is 8.91 Å². The first-order valence-electron chi connectivity index (χ1n) is 8.33. The molecule has 1 aliphatic heterocycles. The second-order valence-corrected chi connectivity index (χ2v) is 6.01. The maximum Gasteiger partial charge on any atom is 0.250 e. The number of anilines is 4. The van der Waals surface area contributed by atoms with E-state index >= 15 is 0 Å². The number of hydrogen-bond donors (Lipinski definition) is 1. The normalized spacial score (nSPS) is 14.5. The Balaban J connectivity index is 1.43. The number of benzene rings is 1. The molecule has 3 aromatic rings. The lowest BCUT2D eigenvalue weighted by atomic mass is 10.2. The van der Waals surface area contributed by atoms with Crippen LogP contribution in [0, 0.1) is 12.7 Å². The van der Waals surface area contributed by atoms with E-state index in [0.717, 1.165) is 18.9 Å². The van der Waals surface area contributed by atoms with E-state index in [1.54, 1.807) is 24.4 Å². The summed E-state index contributed by atoms with van der Waals surface area (Å²) in [6.45, 7) is 4.65. The molecule has 4 rings (SSSR count). The maximum atomic E-state index is 13.9. The standard InChI is InChI=1S/C17H18FN7O/c1-12-10-15(23-26-12)20-17-21-16(11-19-22-17)25-8-6-24(7-9-25)14-5-3-2-4-13(14)18/h2-5,10-11H,6-9H2,1H3,(H,20,21,22,23). The first-order valence-corrected chi connectivity index (χ1v) is 8.33. The van der Waals surface area contributed by atoms with Crippen LogP contribution in [0.25, 0.3) is 0 Å². The molecule has 26 heavy (non-hydrogen) atoms. The summed E-state index contributed by atoms with van der Waals surface area (Å²) < 4.78 is 19.0. The minimum atomic E-state index is -0.195. The molecule has 1 aromatic carbocycles. The van der Waals surface area contributed by atoms with Crippen LogP contribution in [-0.4, -0.2) is 46.5 Å². The fourth-order valence-corrected chi connectivity index (χ4v) is 2.92. The van der Waals surface area contributed by atoms with E-state index in [-0.39, 0.29) is 5.82 Å². The van der Waals surface area contributed by atoms with E-state index in [1.807, 2.05) is 17.9 Å². The number of nitrogens with zero attached hydrogens (tertiary/aromatic N) is 6. The Morgan fingerprint density at radius 2 is 1.88 bits per heavy atom. The Morgan fingerprint density at radius 3 is 2.62 bits per heavy atom. The van der Waals surface area contributed by atoms with Crippen molar-refractivity contribution in [1.29, 1.82) is 0 Å². The highest BCUT2D eigenvalue weighted by molar-refractivity contribution is 5.52. The van der Waals surface area contributed by atoms with Crippen molar-refractivity contribution in [3.8, 4) is 0 Å². The average molecular weight is 355 g/mol. The van der Waals surface area contributed by atoms with Gasteiger partial charge in [-0.2, -0.15) is 10.1 Å². The van der Waals surface area contributed by atoms with Gasteiger partial charge in [-0.3, -0.25) is 0 Å². The van der Waals surface area contributed by atoms with Crippen LogP contribution in [0.5, 0.6) is 0 Å². The Labute approximate surface area is 149 Å². The van der Waals surface area contributed by atoms with Crippen LogP contribution >= 0.6 is 0 Å². The van der Waals surface area contributed by atoms with Gasteiger partial charge in [-0.1, -0.05) is 17.3 Å². The summed E-state index contributed by atoms with van der Waals surface area (Å²) in [5, 5.41) is 14.8. The highest BCUT2D eigenvalue weighted by Crippen LogP contribution is 2.22. The summed E-state index contributed by atoms with van der Waals surface area (Å²) in [6, 6.07) is 8.59. The van der Waals surface area contributed by atoms with Gasteiger partial charge in [0.15, 0.2) is 11.6 Å². The van der Waals surface area contributed by atoms with Crippen molar-refractivity contribution in [3.05, 3.63) is 48.1 Å². The summed E-state index contributed by atoms with van der Waals surface area (Å²) in [6.07, 6.45) is 1.62. The molecule has 0 spiro atoms. The maximum absolute atomic E-state index is 13.9. The van der Waals surface area contributed by atoms with Crippen molar-refractivity contribution >= 4 is 23.3 Å². The zero-order valence-corrected chi connectivity index (χ0v) is 14.3. The van der Waals surface area contributed by atoms with Crippen molar-refractivity contribution in [3.63, 3.8) is 0 Å². The van der Waals surface area contributed by atoms with E-state index in [1.165, 1.54) is 6.07 Å². The van der Waals surface area contributed by atoms with Gasteiger partial charge in [0.25, 0.3) is 0 Å². The highest BCUT2D eigenvalue weighted by Gasteiger charge is 2.21. The first kappa shape index (κ1) is 16.2. The van der Waals surface area contributed by atoms with Crippen LogP contribution in [0.1, 0.15) is 5.76 Å². The van der Waals surface area contributed by atoms with Crippen molar-refractivity contribution in [2.24, 2.45) is 0 Å². The van der Waals surface area contributed by atoms with Gasteiger partial charge >= 0.3 is 0 Å². The predicted molar refractivity (Wildman–Crippen MR) is 95.2 cm³/mol. The number of hydrogen-bond acceptors (Lipinski definition) is 8. The summed E-state index contributed by atoms with van der Waals surface area (Å²) in [5.74, 6) is 2.11. The van der Waals surface area contributed by atoms with E-state index in [2.05, 4.69) is 30.6 Å². The number of rotatable bonds is 4. The third-order valence-electron chi connectivity index (χ3n) is 4.21. The smallest absolute Gasteiger partial charge is 0.250 e. The Bertz CT molecular complexity index is 892. The summed E-state index contributed by atoms with van der Waals surface area (Å²) >= 11 is 0. The summed E-state index contributed by atoms with van der Waals surface area (Å²) in [4.78, 5) is 8.63. The van der Waals surface area contributed by atoms with Crippen molar-refractivity contribution in [1.82, 2.24) is 20.3 Å². The van der Waals surface area contributed by atoms with Gasteiger partial charge in [0.2, 0.25) is 5.95 Å². The van der Waals surface area contributed by atoms with Crippen LogP contribution in [0.15, 0.2) is 41.1 Å². The molecule has 1 saturated heterocycles. The van der Waals surface area contributed by atoms with Crippen molar-refractivity contribution in [2.75, 3.05) is 41.3 Å². The number of piperazine rings is 1. The zero-order valence-electron chi connectivity index (χ0n) is 14.3. The molecule has 0 unspecified atom stereocenters. The molecule has 1 N–H and O–H groups in total. The molecule has 8 nitrogen and oxygen atoms in total. The Morgan fingerprint density at radius 1 is 1.12 bits per heavy atom. The van der Waals surface area contributed by atoms with Crippen LogP contribution in [-0.2, 0) is 0 Å². The molecule has 0 bridgehead atoms. The summed E-state index contributed by atoms with van der Waals surface area (Å²) in [5.41, 5.74) is 0.636. The second-order valence-electron chi connectivity index (χ2n) is 6.01. The molecule has 2 aromatic heterocycles. The molecule has 0 atom stereocenters. The SMILES string of the molecule is Cc1cc(Nc2nncc(N3CCN(c4ccccc4F)CC3)n2)no1. The van der Waals surface area contributed by atoms with Gasteiger partial charge in [-0.25, -0.2) is 4.39 Å². The van der Waals surface area contributed by atoms with Crippen LogP contribution in [0.3, 0.4) is 0 Å². The lowest BCUT2D eigenvalue weighted by Gasteiger charge is -2.36. The number of aromatic nitrogens is 4.